The smallest absolute Gasteiger partial charge is 0.380 e. The Balaban J connectivity index is 3.12. The molecule has 0 saturated carbocycles. The summed E-state index contributed by atoms with van der Waals surface area (Å²) in [6.07, 6.45) is 0. The molecule has 0 aliphatic rings. The quantitative estimate of drug-likeness (QED) is 0.621. The number of hydrogen-bond acceptors (Lipinski definition) is 2. The minimum Gasteiger partial charge on any atom is -0.417 e. The molecule has 5 heteroatoms. The fourth-order valence-corrected chi connectivity index (χ4v) is 1.64. The molecular weight excluding hydrogens is 291 g/mol. The fourth-order valence-electron chi connectivity index (χ4n) is 1.06. The molecule has 2 nitrogen and oxygen atoms in total. The van der Waals surface area contributed by atoms with Crippen LogP contribution in [0.1, 0.15) is 11.1 Å². The predicted octanol–water partition coefficient (Wildman–Crippen LogP) is 4.06. The number of rotatable bonds is 3. The Hall–Kier alpha value is -0.250. The van der Waals surface area contributed by atoms with Crippen LogP contribution in [0.25, 0.3) is 0 Å². The molecule has 1 aromatic carbocycles. The molecule has 0 atom stereocenters. The van der Waals surface area contributed by atoms with Crippen molar-refractivity contribution in [3.05, 3.63) is 29.3 Å². The molecule has 0 spiro atoms. The third kappa shape index (κ3) is 2.87. The summed E-state index contributed by atoms with van der Waals surface area (Å²) in [5, 5.41) is 0. The first kappa shape index (κ1) is 11.8. The van der Waals surface area contributed by atoms with E-state index >= 15 is 0 Å². The summed E-state index contributed by atoms with van der Waals surface area (Å²) >= 11 is 14.1. The number of ether oxygens (including phenoxy) is 1. The first-order valence-corrected chi connectivity index (χ1v) is 5.65. The first-order valence-electron chi connectivity index (χ1n) is 3.79. The summed E-state index contributed by atoms with van der Waals surface area (Å²) < 4.78 is 4.97. The van der Waals surface area contributed by atoms with Gasteiger partial charge in [0, 0.05) is 27.1 Å². The second kappa shape index (κ2) is 5.59. The topological polar surface area (TPSA) is 26.3 Å². The molecular formula is C9H7BrCl2O2. The summed E-state index contributed by atoms with van der Waals surface area (Å²) in [6.45, 7) is 0. The lowest BCUT2D eigenvalue weighted by molar-refractivity contribution is 0.228. The minimum atomic E-state index is -0.554. The lowest BCUT2D eigenvalue weighted by Crippen LogP contribution is -2.01. The van der Waals surface area contributed by atoms with Gasteiger partial charge in [0.25, 0.3) is 0 Å². The predicted molar refractivity (Wildman–Crippen MR) is 60.5 cm³/mol. The Bertz CT molecular complexity index is 319. The lowest BCUT2D eigenvalue weighted by Gasteiger charge is -2.09. The van der Waals surface area contributed by atoms with Crippen LogP contribution in [0.2, 0.25) is 0 Å². The lowest BCUT2D eigenvalue weighted by atomic mass is 10.1. The molecule has 0 aliphatic carbocycles. The summed E-state index contributed by atoms with van der Waals surface area (Å²) in [6, 6.07) is 5.39. The number of benzene rings is 1. The van der Waals surface area contributed by atoms with Gasteiger partial charge < -0.3 is 4.74 Å². The third-order valence-electron chi connectivity index (χ3n) is 1.65. The van der Waals surface area contributed by atoms with Gasteiger partial charge in [-0.2, -0.15) is 0 Å². The van der Waals surface area contributed by atoms with Crippen LogP contribution in [0.4, 0.5) is 4.79 Å². The highest BCUT2D eigenvalue weighted by atomic mass is 79.9. The van der Waals surface area contributed by atoms with Crippen LogP contribution in [-0.2, 0) is 11.8 Å². The van der Waals surface area contributed by atoms with Crippen molar-refractivity contribution in [2.24, 2.45) is 0 Å². The zero-order valence-corrected chi connectivity index (χ0v) is 10.2. The molecule has 0 aliphatic heterocycles. The summed E-state index contributed by atoms with van der Waals surface area (Å²) in [5.74, 6) is 1.00. The van der Waals surface area contributed by atoms with E-state index < -0.39 is 4.88 Å². The Labute approximate surface area is 100 Å². The molecule has 0 amide bonds. The molecule has 0 N–H and O–H groups in total. The van der Waals surface area contributed by atoms with Gasteiger partial charge in [-0.1, -0.05) is 18.2 Å². The van der Waals surface area contributed by atoms with Crippen LogP contribution in [0.3, 0.4) is 0 Å². The van der Waals surface area contributed by atoms with Gasteiger partial charge in [0.15, 0.2) is 0 Å². The van der Waals surface area contributed by atoms with Gasteiger partial charge in [-0.05, 0) is 0 Å². The molecule has 14 heavy (non-hydrogen) atoms. The van der Waals surface area contributed by atoms with E-state index in [1.165, 1.54) is 0 Å². The van der Waals surface area contributed by atoms with E-state index in [2.05, 4.69) is 15.9 Å². The van der Waals surface area contributed by atoms with Gasteiger partial charge in [0.1, 0.15) is 5.75 Å². The molecule has 76 valence electrons. The molecule has 1 rings (SSSR count). The van der Waals surface area contributed by atoms with Gasteiger partial charge >= 0.3 is 4.88 Å². The van der Waals surface area contributed by atoms with Crippen molar-refractivity contribution in [1.29, 1.82) is 0 Å². The van der Waals surface area contributed by atoms with Crippen molar-refractivity contribution in [2.45, 2.75) is 11.8 Å². The summed E-state index contributed by atoms with van der Waals surface area (Å²) in [4.78, 5) is 10.2. The van der Waals surface area contributed by atoms with Crippen molar-refractivity contribution in [1.82, 2.24) is 0 Å². The maximum absolute atomic E-state index is 10.8. The van der Waals surface area contributed by atoms with E-state index in [0.29, 0.717) is 5.75 Å². The Morgan fingerprint density at radius 3 is 2.14 bits per heavy atom. The maximum atomic E-state index is 10.8. The van der Waals surface area contributed by atoms with Crippen LogP contribution in [0.5, 0.6) is 5.75 Å². The monoisotopic (exact) mass is 296 g/mol. The Kier molecular flexibility index (Phi) is 4.72. The van der Waals surface area contributed by atoms with Gasteiger partial charge in [0.2, 0.25) is 0 Å². The van der Waals surface area contributed by atoms with Gasteiger partial charge in [-0.15, -0.1) is 23.2 Å². The normalized spacial score (nSPS) is 9.93. The number of carbonyl (C=O) groups is 1. The van der Waals surface area contributed by atoms with Gasteiger partial charge in [-0.3, -0.25) is 0 Å². The second-order valence-electron chi connectivity index (χ2n) is 2.51. The average Bonchev–Trinajstić information content (AvgIpc) is 2.17. The number of halogens is 3. The number of alkyl halides is 2. The van der Waals surface area contributed by atoms with E-state index in [4.69, 9.17) is 27.9 Å². The molecule has 0 bridgehead atoms. The molecule has 1 aromatic rings. The fraction of sp³-hybridized carbons (Fsp3) is 0.222. The van der Waals surface area contributed by atoms with Crippen LogP contribution in [0, 0.1) is 0 Å². The van der Waals surface area contributed by atoms with Crippen molar-refractivity contribution in [3.63, 3.8) is 0 Å². The SMILES string of the molecule is O=C(Br)Oc1c(CCl)cccc1CCl. The molecule has 0 fully saturated rings. The average molecular weight is 298 g/mol. The van der Waals surface area contributed by atoms with Crippen molar-refractivity contribution in [2.75, 3.05) is 0 Å². The highest BCUT2D eigenvalue weighted by Gasteiger charge is 2.10. The first-order chi connectivity index (χ1) is 6.69. The maximum Gasteiger partial charge on any atom is 0.380 e. The number of carbonyl (C=O) groups excluding carboxylic acids is 1. The van der Waals surface area contributed by atoms with Crippen LogP contribution in [0.15, 0.2) is 18.2 Å². The van der Waals surface area contributed by atoms with Crippen LogP contribution >= 0.6 is 39.1 Å². The van der Waals surface area contributed by atoms with Gasteiger partial charge in [0.05, 0.1) is 11.8 Å². The summed E-state index contributed by atoms with van der Waals surface area (Å²) in [5.41, 5.74) is 1.50. The summed E-state index contributed by atoms with van der Waals surface area (Å²) in [7, 11) is 0. The van der Waals surface area contributed by atoms with Crippen molar-refractivity contribution < 1.29 is 9.53 Å². The largest absolute Gasteiger partial charge is 0.417 e. The number of hydrogen-bond donors (Lipinski definition) is 0. The van der Waals surface area contributed by atoms with Gasteiger partial charge in [-0.25, -0.2) is 4.79 Å². The molecule has 0 unspecified atom stereocenters. The Morgan fingerprint density at radius 1 is 1.29 bits per heavy atom. The van der Waals surface area contributed by atoms with E-state index in [9.17, 15) is 4.79 Å². The van der Waals surface area contributed by atoms with Crippen LogP contribution < -0.4 is 4.74 Å². The molecule has 0 radical (unpaired) electrons. The number of para-hydroxylation sites is 1. The zero-order chi connectivity index (χ0) is 10.6. The second-order valence-corrected chi connectivity index (χ2v) is 3.69. The van der Waals surface area contributed by atoms with Crippen molar-refractivity contribution in [3.8, 4) is 5.75 Å². The Morgan fingerprint density at radius 2 is 1.79 bits per heavy atom. The van der Waals surface area contributed by atoms with Crippen LogP contribution in [-0.4, -0.2) is 4.88 Å². The van der Waals surface area contributed by atoms with E-state index in [-0.39, 0.29) is 11.8 Å². The third-order valence-corrected chi connectivity index (χ3v) is 2.39. The van der Waals surface area contributed by atoms with E-state index in [1.54, 1.807) is 12.1 Å². The van der Waals surface area contributed by atoms with Crippen molar-refractivity contribution >= 4 is 44.0 Å². The van der Waals surface area contributed by atoms with E-state index in [0.717, 1.165) is 11.1 Å². The minimum absolute atomic E-state index is 0.278. The zero-order valence-electron chi connectivity index (χ0n) is 7.10. The highest BCUT2D eigenvalue weighted by Crippen LogP contribution is 2.27. The van der Waals surface area contributed by atoms with E-state index in [1.807, 2.05) is 6.07 Å². The highest BCUT2D eigenvalue weighted by molar-refractivity contribution is 9.18. The molecule has 0 aromatic heterocycles. The standard InChI is InChI=1S/C9H7BrCl2O2/c10-9(13)14-8-6(4-11)2-1-3-7(8)5-12/h1-3H,4-5H2. The molecule has 0 heterocycles. The molecule has 0 saturated heterocycles.